The van der Waals surface area contributed by atoms with Crippen LogP contribution >= 0.6 is 0 Å². The highest BCUT2D eigenvalue weighted by atomic mass is 16.7. The number of aryl methyl sites for hydroxylation is 1. The first kappa shape index (κ1) is 35.6. The number of hydrogen-bond donors (Lipinski definition) is 7. The molecule has 2 aromatic rings. The Morgan fingerprint density at radius 3 is 2.14 bits per heavy atom. The van der Waals surface area contributed by atoms with Gasteiger partial charge in [-0.25, -0.2) is 0 Å². The van der Waals surface area contributed by atoms with Gasteiger partial charge in [-0.15, -0.1) is 0 Å². The van der Waals surface area contributed by atoms with Crippen LogP contribution in [0, 0.1) is 18.8 Å². The van der Waals surface area contributed by atoms with E-state index in [9.17, 15) is 30.6 Å². The van der Waals surface area contributed by atoms with Gasteiger partial charge in [0.25, 0.3) is 0 Å². The second-order valence-electron chi connectivity index (χ2n) is 10.8. The average molecular weight is 597 g/mol. The maximum Gasteiger partial charge on any atom is 0.157 e. The molecule has 42 heavy (non-hydrogen) atoms. The van der Waals surface area contributed by atoms with Gasteiger partial charge in [0.05, 0.1) is 39.1 Å². The molecule has 0 bridgehead atoms. The maximum absolute atomic E-state index is 10.1. The van der Waals surface area contributed by atoms with E-state index >= 15 is 0 Å². The van der Waals surface area contributed by atoms with E-state index in [1.807, 2.05) is 32.0 Å². The van der Waals surface area contributed by atoms with Gasteiger partial charge in [0.2, 0.25) is 0 Å². The topological polar surface area (TPSA) is 179 Å². The van der Waals surface area contributed by atoms with Crippen LogP contribution in [0.1, 0.15) is 56.4 Å². The molecule has 7 N–H and O–H groups in total. The normalized spacial score (nSPS) is 25.6. The molecular formula is C31H48O11. The number of fused-ring (bicyclic) bond motifs is 1. The standard InChI is InChI=1S/C12H16O4.C10H20O5.C9H12O2/c13-6-8-3-1-2-7-4-10(14)11(15)5-9(7)12(8)16;1-5-4-14-7(3)15-10(5)9(13)8(12)6(2)11;1-7-8(10-2)5-4-6-9(7)11-3/h4-5,8,12-16H,1-3,6H2;5-13H,4H2,1-3H3;4-6H,1-3H3/t8?,12-;;/m0../s1. The summed E-state index contributed by atoms with van der Waals surface area (Å²) in [7, 11) is 3.31. The first-order valence-electron chi connectivity index (χ1n) is 14.2. The SMILES string of the molecule is CC1OCC(C)C(C(O)C(O)C(C)O)O1.COc1cccc(OC)c1C.OCC1CCCc2cc(O)c(O)cc2[C@H]1O. The van der Waals surface area contributed by atoms with E-state index in [1.165, 1.54) is 19.1 Å². The molecule has 7 unspecified atom stereocenters. The summed E-state index contributed by atoms with van der Waals surface area (Å²) in [6.45, 7) is 7.42. The van der Waals surface area contributed by atoms with Gasteiger partial charge >= 0.3 is 0 Å². The molecule has 11 heteroatoms. The van der Waals surface area contributed by atoms with Crippen molar-refractivity contribution in [2.75, 3.05) is 27.4 Å². The third kappa shape index (κ3) is 9.43. The van der Waals surface area contributed by atoms with Crippen molar-refractivity contribution >= 4 is 0 Å². The highest BCUT2D eigenvalue weighted by molar-refractivity contribution is 5.47. The first-order valence-corrected chi connectivity index (χ1v) is 14.2. The zero-order valence-electron chi connectivity index (χ0n) is 25.3. The smallest absolute Gasteiger partial charge is 0.157 e. The molecule has 8 atom stereocenters. The summed E-state index contributed by atoms with van der Waals surface area (Å²) in [5.74, 6) is 1.15. The summed E-state index contributed by atoms with van der Waals surface area (Å²) in [5, 5.41) is 66.6. The van der Waals surface area contributed by atoms with Crippen LogP contribution in [-0.2, 0) is 15.9 Å². The van der Waals surface area contributed by atoms with Crippen molar-refractivity contribution in [1.82, 2.24) is 0 Å². The highest BCUT2D eigenvalue weighted by Gasteiger charge is 2.37. The molecule has 238 valence electrons. The minimum Gasteiger partial charge on any atom is -0.504 e. The van der Waals surface area contributed by atoms with Gasteiger partial charge in [-0.2, -0.15) is 0 Å². The van der Waals surface area contributed by atoms with E-state index in [0.717, 1.165) is 41.9 Å². The van der Waals surface area contributed by atoms with Gasteiger partial charge < -0.3 is 54.7 Å². The number of aromatic hydroxyl groups is 2. The molecule has 11 nitrogen and oxygen atoms in total. The minimum atomic E-state index is -1.19. The summed E-state index contributed by atoms with van der Waals surface area (Å²) in [6, 6.07) is 8.62. The lowest BCUT2D eigenvalue weighted by atomic mass is 9.93. The van der Waals surface area contributed by atoms with E-state index in [4.69, 9.17) is 24.1 Å². The molecule has 4 rings (SSSR count). The average Bonchev–Trinajstić information content (AvgIpc) is 3.12. The molecule has 0 spiro atoms. The Morgan fingerprint density at radius 2 is 1.60 bits per heavy atom. The van der Waals surface area contributed by atoms with Crippen LogP contribution in [-0.4, -0.2) is 93.9 Å². The number of hydrogen-bond acceptors (Lipinski definition) is 11. The van der Waals surface area contributed by atoms with Crippen LogP contribution in [0.5, 0.6) is 23.0 Å². The molecule has 1 aliphatic carbocycles. The highest BCUT2D eigenvalue weighted by Crippen LogP contribution is 2.38. The molecule has 1 aliphatic heterocycles. The van der Waals surface area contributed by atoms with E-state index in [2.05, 4.69) is 0 Å². The Balaban J connectivity index is 0.000000224. The van der Waals surface area contributed by atoms with Crippen molar-refractivity contribution in [3.05, 3.63) is 47.0 Å². The summed E-state index contributed by atoms with van der Waals surface area (Å²) >= 11 is 0. The molecule has 0 saturated carbocycles. The molecular weight excluding hydrogens is 548 g/mol. The van der Waals surface area contributed by atoms with Crippen LogP contribution < -0.4 is 9.47 Å². The molecule has 1 fully saturated rings. The van der Waals surface area contributed by atoms with Gasteiger partial charge in [0, 0.05) is 24.0 Å². The van der Waals surface area contributed by atoms with Crippen molar-refractivity contribution in [1.29, 1.82) is 0 Å². The van der Waals surface area contributed by atoms with Crippen LogP contribution in [0.4, 0.5) is 0 Å². The zero-order chi connectivity index (χ0) is 31.6. The van der Waals surface area contributed by atoms with E-state index in [0.29, 0.717) is 12.2 Å². The lowest BCUT2D eigenvalue weighted by Crippen LogP contribution is -2.51. The number of phenols is 2. The molecule has 0 radical (unpaired) electrons. The van der Waals surface area contributed by atoms with Gasteiger partial charge in [0.1, 0.15) is 23.7 Å². The Morgan fingerprint density at radius 1 is 1.00 bits per heavy atom. The Bertz CT molecular complexity index is 1070. The second kappa shape index (κ2) is 16.9. The van der Waals surface area contributed by atoms with Gasteiger partial charge in [0.15, 0.2) is 17.8 Å². The van der Waals surface area contributed by atoms with Crippen molar-refractivity contribution < 1.29 is 54.7 Å². The molecule has 2 aliphatic rings. The fraction of sp³-hybridized carbons (Fsp3) is 0.613. The molecule has 1 saturated heterocycles. The number of benzene rings is 2. The van der Waals surface area contributed by atoms with Crippen molar-refractivity contribution in [3.8, 4) is 23.0 Å². The van der Waals surface area contributed by atoms with Crippen LogP contribution in [0.15, 0.2) is 30.3 Å². The summed E-state index contributed by atoms with van der Waals surface area (Å²) in [4.78, 5) is 0. The lowest BCUT2D eigenvalue weighted by Gasteiger charge is -2.38. The monoisotopic (exact) mass is 596 g/mol. The van der Waals surface area contributed by atoms with Crippen LogP contribution in [0.2, 0.25) is 0 Å². The fourth-order valence-electron chi connectivity index (χ4n) is 5.00. The Kier molecular flexibility index (Phi) is 14.3. The molecule has 0 aromatic heterocycles. The maximum atomic E-state index is 10.1. The largest absolute Gasteiger partial charge is 0.504 e. The van der Waals surface area contributed by atoms with E-state index in [1.54, 1.807) is 21.1 Å². The molecule has 1 heterocycles. The van der Waals surface area contributed by atoms with Crippen molar-refractivity contribution in [3.63, 3.8) is 0 Å². The minimum absolute atomic E-state index is 0.00963. The number of ether oxygens (including phenoxy) is 4. The number of phenolic OH excluding ortho intramolecular Hbond substituents is 2. The van der Waals surface area contributed by atoms with Crippen molar-refractivity contribution in [2.45, 2.75) is 83.8 Å². The second-order valence-corrected chi connectivity index (χ2v) is 10.8. The summed E-state index contributed by atoms with van der Waals surface area (Å²) < 4.78 is 20.8. The predicted octanol–water partition coefficient (Wildman–Crippen LogP) is 2.57. The van der Waals surface area contributed by atoms with Gasteiger partial charge in [-0.1, -0.05) is 13.0 Å². The number of methoxy groups -OCH3 is 2. The first-order chi connectivity index (χ1) is 19.9. The Labute approximate surface area is 247 Å². The lowest BCUT2D eigenvalue weighted by molar-refractivity contribution is -0.259. The quantitative estimate of drug-likeness (QED) is 0.193. The van der Waals surface area contributed by atoms with E-state index in [-0.39, 0.29) is 36.2 Å². The Hall–Kier alpha value is -2.64. The van der Waals surface area contributed by atoms with Crippen LogP contribution in [0.25, 0.3) is 0 Å². The van der Waals surface area contributed by atoms with Gasteiger partial charge in [-0.3, -0.25) is 0 Å². The fourth-order valence-corrected chi connectivity index (χ4v) is 5.00. The number of rotatable bonds is 6. The number of aliphatic hydroxyl groups excluding tert-OH is 5. The van der Waals surface area contributed by atoms with Crippen molar-refractivity contribution in [2.24, 2.45) is 11.8 Å². The zero-order valence-corrected chi connectivity index (χ0v) is 25.3. The van der Waals surface area contributed by atoms with Crippen LogP contribution in [0.3, 0.4) is 0 Å². The predicted molar refractivity (Wildman–Crippen MR) is 156 cm³/mol. The third-order valence-corrected chi connectivity index (χ3v) is 7.62. The summed E-state index contributed by atoms with van der Waals surface area (Å²) in [6.07, 6.45) is -2.57. The number of aliphatic hydroxyl groups is 5. The van der Waals surface area contributed by atoms with E-state index < -0.39 is 30.5 Å². The molecule has 0 amide bonds. The third-order valence-electron chi connectivity index (χ3n) is 7.62. The van der Waals surface area contributed by atoms with Gasteiger partial charge in [-0.05, 0) is 75.4 Å². The molecule has 2 aromatic carbocycles. The summed E-state index contributed by atoms with van der Waals surface area (Å²) in [5.41, 5.74) is 2.50.